The van der Waals surface area contributed by atoms with Crippen molar-refractivity contribution in [3.05, 3.63) is 53.6 Å². The van der Waals surface area contributed by atoms with Crippen molar-refractivity contribution in [1.29, 1.82) is 0 Å². The van der Waals surface area contributed by atoms with E-state index in [1.807, 2.05) is 25.1 Å². The maximum Gasteiger partial charge on any atom is 0.273 e. The summed E-state index contributed by atoms with van der Waals surface area (Å²) in [5.41, 5.74) is 2.29. The van der Waals surface area contributed by atoms with Gasteiger partial charge < -0.3 is 19.3 Å². The highest BCUT2D eigenvalue weighted by Gasteiger charge is 2.21. The van der Waals surface area contributed by atoms with Crippen LogP contribution in [0.3, 0.4) is 0 Å². The fraction of sp³-hybridized carbons (Fsp3) is 0.364. The number of hydrogen-bond donors (Lipinski definition) is 1. The summed E-state index contributed by atoms with van der Waals surface area (Å²) in [4.78, 5) is 12.9. The Balaban J connectivity index is 1.78. The first kappa shape index (κ1) is 20.7. The molecule has 0 spiro atoms. The summed E-state index contributed by atoms with van der Waals surface area (Å²) in [6, 6.07) is 12.5. The van der Waals surface area contributed by atoms with Crippen molar-refractivity contribution in [2.24, 2.45) is 5.10 Å². The van der Waals surface area contributed by atoms with E-state index in [1.165, 1.54) is 5.01 Å². The molecule has 1 aliphatic rings. The van der Waals surface area contributed by atoms with Crippen molar-refractivity contribution in [3.8, 4) is 17.2 Å². The van der Waals surface area contributed by atoms with Crippen LogP contribution in [-0.2, 0) is 0 Å². The average Bonchev–Trinajstić information content (AvgIpc) is 2.78. The van der Waals surface area contributed by atoms with Gasteiger partial charge in [0, 0.05) is 17.7 Å². The molecule has 7 nitrogen and oxygen atoms in total. The lowest BCUT2D eigenvalue weighted by atomic mass is 10.0. The number of methoxy groups -OCH3 is 1. The molecule has 0 saturated carbocycles. The lowest BCUT2D eigenvalue weighted by molar-refractivity contribution is 0.0751. The van der Waals surface area contributed by atoms with Gasteiger partial charge in [0.2, 0.25) is 0 Å². The van der Waals surface area contributed by atoms with Crippen molar-refractivity contribution in [2.75, 3.05) is 33.5 Å². The topological polar surface area (TPSA) is 80.6 Å². The molecule has 1 aliphatic heterocycles. The maximum atomic E-state index is 12.9. The smallest absolute Gasteiger partial charge is 0.273 e. The second-order valence-corrected chi connectivity index (χ2v) is 6.47. The van der Waals surface area contributed by atoms with Gasteiger partial charge in [0.25, 0.3) is 5.91 Å². The summed E-state index contributed by atoms with van der Waals surface area (Å²) in [7, 11) is 1.61. The Morgan fingerprint density at radius 2 is 1.93 bits per heavy atom. The molecule has 154 valence electrons. The van der Waals surface area contributed by atoms with Crippen molar-refractivity contribution in [3.63, 3.8) is 0 Å². The molecule has 29 heavy (non-hydrogen) atoms. The van der Waals surface area contributed by atoms with E-state index in [9.17, 15) is 4.79 Å². The minimum atomic E-state index is -0.159. The van der Waals surface area contributed by atoms with E-state index in [2.05, 4.69) is 5.10 Å². The monoisotopic (exact) mass is 398 g/mol. The van der Waals surface area contributed by atoms with Gasteiger partial charge in [-0.25, -0.2) is 5.01 Å². The number of carbonyl (C=O) groups is 1. The quantitative estimate of drug-likeness (QED) is 0.739. The summed E-state index contributed by atoms with van der Waals surface area (Å²) in [6.45, 7) is 3.22. The first-order valence-electron chi connectivity index (χ1n) is 9.70. The lowest BCUT2D eigenvalue weighted by Crippen LogP contribution is -2.32. The van der Waals surface area contributed by atoms with Crippen LogP contribution in [0.2, 0.25) is 0 Å². The van der Waals surface area contributed by atoms with Gasteiger partial charge in [-0.05, 0) is 62.2 Å². The summed E-state index contributed by atoms with van der Waals surface area (Å²) < 4.78 is 16.3. The van der Waals surface area contributed by atoms with Crippen LogP contribution >= 0.6 is 0 Å². The van der Waals surface area contributed by atoms with E-state index in [1.54, 1.807) is 31.4 Å². The third-order valence-corrected chi connectivity index (χ3v) is 4.52. The Morgan fingerprint density at radius 1 is 1.14 bits per heavy atom. The number of hydrazone groups is 1. The van der Waals surface area contributed by atoms with Gasteiger partial charge in [0.05, 0.1) is 26.0 Å². The first-order valence-corrected chi connectivity index (χ1v) is 9.70. The number of amides is 1. The van der Waals surface area contributed by atoms with Gasteiger partial charge in [-0.1, -0.05) is 0 Å². The molecule has 0 saturated heterocycles. The minimum Gasteiger partial charge on any atom is -0.493 e. The van der Waals surface area contributed by atoms with Gasteiger partial charge >= 0.3 is 0 Å². The number of rotatable bonds is 8. The maximum absolute atomic E-state index is 12.9. The second-order valence-electron chi connectivity index (χ2n) is 6.47. The fourth-order valence-electron chi connectivity index (χ4n) is 3.12. The highest BCUT2D eigenvalue weighted by atomic mass is 16.5. The van der Waals surface area contributed by atoms with E-state index in [-0.39, 0.29) is 19.1 Å². The molecular formula is C22H26N2O5. The number of ether oxygens (including phenoxy) is 3. The van der Waals surface area contributed by atoms with Crippen LogP contribution in [0.1, 0.15) is 35.7 Å². The zero-order valence-corrected chi connectivity index (χ0v) is 16.8. The molecular weight excluding hydrogens is 372 g/mol. The SMILES string of the molecule is CCOc1ccc(C2=NN(C(=O)c3ccc(OCCO)cc3)CCC2)cc1OC. The summed E-state index contributed by atoms with van der Waals surface area (Å²) in [5.74, 6) is 1.79. The van der Waals surface area contributed by atoms with Gasteiger partial charge in [0.15, 0.2) is 11.5 Å². The number of aliphatic hydroxyl groups is 1. The number of carbonyl (C=O) groups excluding carboxylic acids is 1. The summed E-state index contributed by atoms with van der Waals surface area (Å²) >= 11 is 0. The van der Waals surface area contributed by atoms with E-state index in [0.717, 1.165) is 24.1 Å². The third kappa shape index (κ3) is 5.06. The van der Waals surface area contributed by atoms with E-state index >= 15 is 0 Å². The molecule has 1 amide bonds. The Hall–Kier alpha value is -3.06. The van der Waals surface area contributed by atoms with Crippen LogP contribution in [0.4, 0.5) is 0 Å². The van der Waals surface area contributed by atoms with Gasteiger partial charge in [-0.2, -0.15) is 5.10 Å². The molecule has 2 aromatic carbocycles. The molecule has 2 aromatic rings. The van der Waals surface area contributed by atoms with Crippen molar-refractivity contribution < 1.29 is 24.1 Å². The molecule has 0 fully saturated rings. The van der Waals surface area contributed by atoms with Crippen LogP contribution in [0.25, 0.3) is 0 Å². The van der Waals surface area contributed by atoms with Crippen LogP contribution in [0.5, 0.6) is 17.2 Å². The zero-order valence-electron chi connectivity index (χ0n) is 16.8. The van der Waals surface area contributed by atoms with Crippen molar-refractivity contribution in [2.45, 2.75) is 19.8 Å². The molecule has 7 heteroatoms. The highest BCUT2D eigenvalue weighted by molar-refractivity contribution is 6.03. The standard InChI is InChI=1S/C22H26N2O5/c1-3-28-20-11-8-17(15-21(20)27-2)19-5-4-12-24(23-19)22(26)16-6-9-18(10-7-16)29-14-13-25/h6-11,15,25H,3-5,12-14H2,1-2H3. The highest BCUT2D eigenvalue weighted by Crippen LogP contribution is 2.29. The normalized spacial score (nSPS) is 13.6. The van der Waals surface area contributed by atoms with E-state index in [0.29, 0.717) is 36.0 Å². The molecule has 1 heterocycles. The molecule has 0 aromatic heterocycles. The minimum absolute atomic E-state index is 0.0533. The average molecular weight is 398 g/mol. The Kier molecular flexibility index (Phi) is 7.08. The predicted octanol–water partition coefficient (Wildman–Crippen LogP) is 3.11. The van der Waals surface area contributed by atoms with Gasteiger partial charge in [-0.3, -0.25) is 4.79 Å². The van der Waals surface area contributed by atoms with Crippen molar-refractivity contribution in [1.82, 2.24) is 5.01 Å². The van der Waals surface area contributed by atoms with E-state index in [4.69, 9.17) is 19.3 Å². The number of aliphatic hydroxyl groups excluding tert-OH is 1. The molecule has 3 rings (SSSR count). The van der Waals surface area contributed by atoms with Crippen LogP contribution in [0.15, 0.2) is 47.6 Å². The van der Waals surface area contributed by atoms with Crippen molar-refractivity contribution >= 4 is 11.6 Å². The lowest BCUT2D eigenvalue weighted by Gasteiger charge is -2.24. The van der Waals surface area contributed by atoms with Crippen LogP contribution in [0, 0.1) is 0 Å². The number of benzene rings is 2. The fourth-order valence-corrected chi connectivity index (χ4v) is 3.12. The van der Waals surface area contributed by atoms with Crippen LogP contribution in [-0.4, -0.2) is 55.2 Å². The molecule has 0 radical (unpaired) electrons. The molecule has 0 unspecified atom stereocenters. The van der Waals surface area contributed by atoms with E-state index < -0.39 is 0 Å². The Bertz CT molecular complexity index is 864. The largest absolute Gasteiger partial charge is 0.493 e. The molecule has 0 bridgehead atoms. The van der Waals surface area contributed by atoms with Crippen LogP contribution < -0.4 is 14.2 Å². The van der Waals surface area contributed by atoms with Gasteiger partial charge in [-0.15, -0.1) is 0 Å². The summed E-state index contributed by atoms with van der Waals surface area (Å²) in [6.07, 6.45) is 1.62. The molecule has 0 aliphatic carbocycles. The summed E-state index contributed by atoms with van der Waals surface area (Å²) in [5, 5.41) is 14.9. The number of hydrogen-bond acceptors (Lipinski definition) is 6. The molecule has 0 atom stereocenters. The number of nitrogens with zero attached hydrogens (tertiary/aromatic N) is 2. The second kappa shape index (κ2) is 9.93. The predicted molar refractivity (Wildman–Crippen MR) is 110 cm³/mol. The Morgan fingerprint density at radius 3 is 2.62 bits per heavy atom. The third-order valence-electron chi connectivity index (χ3n) is 4.52. The van der Waals surface area contributed by atoms with Gasteiger partial charge in [0.1, 0.15) is 12.4 Å². The zero-order chi connectivity index (χ0) is 20.6. The Labute approximate surface area is 170 Å². The molecule has 1 N–H and O–H groups in total. The first-order chi connectivity index (χ1) is 14.2.